The number of aliphatic hydroxyl groups excluding tert-OH is 2. The summed E-state index contributed by atoms with van der Waals surface area (Å²) in [6.45, 7) is 7.81. The molecular weight excluding hydrogens is 356 g/mol. The van der Waals surface area contributed by atoms with Crippen molar-refractivity contribution in [3.05, 3.63) is 24.8 Å². The van der Waals surface area contributed by atoms with Crippen LogP contribution >= 0.6 is 23.5 Å². The zero-order valence-corrected chi connectivity index (χ0v) is 16.7. The minimum absolute atomic E-state index is 0.0805. The van der Waals surface area contributed by atoms with Crippen molar-refractivity contribution in [3.8, 4) is 0 Å². The number of aliphatic hydroxyl groups is 2. The van der Waals surface area contributed by atoms with E-state index in [2.05, 4.69) is 18.7 Å². The van der Waals surface area contributed by atoms with Crippen LogP contribution in [-0.4, -0.2) is 61.9 Å². The van der Waals surface area contributed by atoms with E-state index < -0.39 is 18.0 Å². The Morgan fingerprint density at radius 1 is 1.16 bits per heavy atom. The molecule has 0 saturated carbocycles. The first-order chi connectivity index (χ1) is 11.9. The lowest BCUT2D eigenvalue weighted by atomic mass is 9.93. The Bertz CT molecular complexity index is 510. The SMILES string of the molecule is C=CCC[C@@H]1SC[C@]2(/C=C/CC[C@@H]3SC[C@H](O)[C@@H]3O)OC(C)(C)O[C@H]12. The average molecular weight is 387 g/mol. The summed E-state index contributed by atoms with van der Waals surface area (Å²) in [7, 11) is 0. The molecule has 3 rings (SSSR count). The third-order valence-electron chi connectivity index (χ3n) is 5.12. The van der Waals surface area contributed by atoms with Crippen molar-refractivity contribution < 1.29 is 19.7 Å². The molecule has 0 spiro atoms. The van der Waals surface area contributed by atoms with Crippen molar-refractivity contribution in [3.63, 3.8) is 0 Å². The summed E-state index contributed by atoms with van der Waals surface area (Å²) in [5.74, 6) is 0.997. The Hall–Kier alpha value is 0.0200. The smallest absolute Gasteiger partial charge is 0.164 e. The Kier molecular flexibility index (Phi) is 6.29. The van der Waals surface area contributed by atoms with Gasteiger partial charge in [0.15, 0.2) is 5.79 Å². The number of hydrogen-bond donors (Lipinski definition) is 2. The predicted molar refractivity (Wildman–Crippen MR) is 105 cm³/mol. The van der Waals surface area contributed by atoms with E-state index in [9.17, 15) is 10.2 Å². The van der Waals surface area contributed by atoms with Gasteiger partial charge < -0.3 is 19.7 Å². The first-order valence-corrected chi connectivity index (χ1v) is 11.2. The number of fused-ring (bicyclic) bond motifs is 1. The lowest BCUT2D eigenvalue weighted by Gasteiger charge is -2.24. The molecule has 3 aliphatic heterocycles. The summed E-state index contributed by atoms with van der Waals surface area (Å²) in [6, 6.07) is 0. The molecule has 3 saturated heterocycles. The van der Waals surface area contributed by atoms with Gasteiger partial charge in [-0.1, -0.05) is 18.2 Å². The quantitative estimate of drug-likeness (QED) is 0.656. The highest BCUT2D eigenvalue weighted by Gasteiger charge is 2.58. The standard InChI is InChI=1S/C19H30O4S2/c1-4-5-8-15-17-19(12-25-15,23-18(2,3)22-17)10-7-6-9-14-16(21)13(20)11-24-14/h4,7,10,13-17,20-21H,1,5-6,8-9,11-12H2,2-3H3/b10-7+/t13-,14-,15-,16-,17+,19-/m0/s1. The van der Waals surface area contributed by atoms with Crippen molar-refractivity contribution in [1.29, 1.82) is 0 Å². The summed E-state index contributed by atoms with van der Waals surface area (Å²) in [6.07, 6.45) is 9.05. The van der Waals surface area contributed by atoms with Crippen molar-refractivity contribution in [2.75, 3.05) is 11.5 Å². The lowest BCUT2D eigenvalue weighted by Crippen LogP contribution is -2.39. The molecule has 0 aromatic heterocycles. The predicted octanol–water partition coefficient (Wildman–Crippen LogP) is 3.13. The average Bonchev–Trinajstić information content (AvgIpc) is 3.13. The molecular formula is C19H30O4S2. The van der Waals surface area contributed by atoms with Gasteiger partial charge in [0.05, 0.1) is 12.2 Å². The molecule has 0 radical (unpaired) electrons. The van der Waals surface area contributed by atoms with Crippen molar-refractivity contribution in [2.45, 2.75) is 79.7 Å². The maximum Gasteiger partial charge on any atom is 0.164 e. The molecule has 4 nitrogen and oxygen atoms in total. The fraction of sp³-hybridized carbons (Fsp3) is 0.789. The van der Waals surface area contributed by atoms with Crippen LogP contribution in [0.25, 0.3) is 0 Å². The van der Waals surface area contributed by atoms with Crippen LogP contribution in [0.3, 0.4) is 0 Å². The molecule has 3 heterocycles. The zero-order valence-electron chi connectivity index (χ0n) is 15.1. The van der Waals surface area contributed by atoms with E-state index in [-0.39, 0.29) is 17.0 Å². The van der Waals surface area contributed by atoms with Crippen molar-refractivity contribution in [1.82, 2.24) is 0 Å². The molecule has 3 fully saturated rings. The molecule has 3 aliphatic rings. The zero-order chi connectivity index (χ0) is 18.1. The largest absolute Gasteiger partial charge is 0.390 e. The molecule has 0 unspecified atom stereocenters. The highest BCUT2D eigenvalue weighted by Crippen LogP contribution is 2.50. The van der Waals surface area contributed by atoms with E-state index in [1.807, 2.05) is 31.7 Å². The number of thioether (sulfide) groups is 2. The van der Waals surface area contributed by atoms with Gasteiger partial charge in [-0.05, 0) is 39.5 Å². The summed E-state index contributed by atoms with van der Waals surface area (Å²) >= 11 is 3.60. The number of rotatable bonds is 7. The Morgan fingerprint density at radius 3 is 2.60 bits per heavy atom. The second-order valence-corrected chi connectivity index (χ2v) is 10.1. The molecule has 142 valence electrons. The second kappa shape index (κ2) is 7.95. The van der Waals surface area contributed by atoms with E-state index in [0.717, 1.165) is 31.4 Å². The van der Waals surface area contributed by atoms with Crippen LogP contribution < -0.4 is 0 Å². The van der Waals surface area contributed by atoms with E-state index in [1.54, 1.807) is 11.8 Å². The maximum atomic E-state index is 9.95. The van der Waals surface area contributed by atoms with Crippen LogP contribution in [0, 0.1) is 0 Å². The van der Waals surface area contributed by atoms with Gasteiger partial charge in [-0.15, -0.1) is 6.58 Å². The normalized spacial score (nSPS) is 43.0. The Morgan fingerprint density at radius 2 is 1.92 bits per heavy atom. The summed E-state index contributed by atoms with van der Waals surface area (Å²) in [5.41, 5.74) is -0.346. The first kappa shape index (κ1) is 19.8. The minimum Gasteiger partial charge on any atom is -0.390 e. The number of ether oxygens (including phenoxy) is 2. The van der Waals surface area contributed by atoms with Gasteiger partial charge in [-0.2, -0.15) is 23.5 Å². The molecule has 0 aromatic rings. The molecule has 25 heavy (non-hydrogen) atoms. The van der Waals surface area contributed by atoms with E-state index in [1.165, 1.54) is 0 Å². The maximum absolute atomic E-state index is 9.95. The highest BCUT2D eigenvalue weighted by molar-refractivity contribution is 8.00. The summed E-state index contributed by atoms with van der Waals surface area (Å²) < 4.78 is 12.6. The minimum atomic E-state index is -0.598. The molecule has 2 N–H and O–H groups in total. The second-order valence-electron chi connectivity index (χ2n) is 7.62. The monoisotopic (exact) mass is 386 g/mol. The van der Waals surface area contributed by atoms with Gasteiger partial charge in [0.2, 0.25) is 0 Å². The number of hydrogen-bond acceptors (Lipinski definition) is 6. The van der Waals surface area contributed by atoms with Gasteiger partial charge in [0.1, 0.15) is 11.7 Å². The van der Waals surface area contributed by atoms with E-state index >= 15 is 0 Å². The molecule has 0 aliphatic carbocycles. The molecule has 0 amide bonds. The van der Waals surface area contributed by atoms with Crippen LogP contribution in [0.4, 0.5) is 0 Å². The van der Waals surface area contributed by atoms with Crippen LogP contribution in [-0.2, 0) is 9.47 Å². The molecule has 0 bridgehead atoms. The molecule has 6 atom stereocenters. The van der Waals surface area contributed by atoms with Crippen LogP contribution in [0.2, 0.25) is 0 Å². The first-order valence-electron chi connectivity index (χ1n) is 9.13. The Balaban J connectivity index is 1.60. The van der Waals surface area contributed by atoms with Crippen molar-refractivity contribution in [2.24, 2.45) is 0 Å². The Labute approximate surface area is 159 Å². The van der Waals surface area contributed by atoms with Crippen molar-refractivity contribution >= 4 is 23.5 Å². The summed E-state index contributed by atoms with van der Waals surface area (Å²) in [5, 5.41) is 20.2. The third-order valence-corrected chi connectivity index (χ3v) is 8.12. The fourth-order valence-electron chi connectivity index (χ4n) is 3.93. The fourth-order valence-corrected chi connectivity index (χ4v) is 6.81. The lowest BCUT2D eigenvalue weighted by molar-refractivity contribution is -0.153. The topological polar surface area (TPSA) is 58.9 Å². The van der Waals surface area contributed by atoms with E-state index in [0.29, 0.717) is 11.0 Å². The van der Waals surface area contributed by atoms with Gasteiger partial charge >= 0.3 is 0 Å². The third kappa shape index (κ3) is 4.30. The van der Waals surface area contributed by atoms with Crippen LogP contribution in [0.5, 0.6) is 0 Å². The van der Waals surface area contributed by atoms with Crippen LogP contribution in [0.15, 0.2) is 24.8 Å². The van der Waals surface area contributed by atoms with Crippen LogP contribution in [0.1, 0.15) is 39.5 Å². The molecule has 0 aromatic carbocycles. The van der Waals surface area contributed by atoms with Gasteiger partial charge in [-0.25, -0.2) is 0 Å². The van der Waals surface area contributed by atoms with E-state index in [4.69, 9.17) is 9.47 Å². The molecule has 6 heteroatoms. The van der Waals surface area contributed by atoms with Gasteiger partial charge in [-0.3, -0.25) is 0 Å². The van der Waals surface area contributed by atoms with Gasteiger partial charge in [0, 0.05) is 22.0 Å². The van der Waals surface area contributed by atoms with Gasteiger partial charge in [0.25, 0.3) is 0 Å². The number of allylic oxidation sites excluding steroid dienone is 2. The highest BCUT2D eigenvalue weighted by atomic mass is 32.2. The summed E-state index contributed by atoms with van der Waals surface area (Å²) in [4.78, 5) is 0.